The second-order valence-corrected chi connectivity index (χ2v) is 6.26. The molecular formula is C21H20ClN3O2. The summed E-state index contributed by atoms with van der Waals surface area (Å²) in [6.45, 7) is 2.93. The van der Waals surface area contributed by atoms with Crippen LogP contribution in [0.4, 0.5) is 11.4 Å². The predicted octanol–water partition coefficient (Wildman–Crippen LogP) is 4.81. The Morgan fingerprint density at radius 3 is 2.67 bits per heavy atom. The minimum absolute atomic E-state index is 0.195. The molecule has 6 heteroatoms. The first-order chi connectivity index (χ1) is 13.2. The number of nitrogens with zero attached hydrogens (tertiary/aromatic N) is 1. The van der Waals surface area contributed by atoms with Crippen LogP contribution in [0, 0.1) is 0 Å². The normalized spacial score (nSPS) is 10.3. The van der Waals surface area contributed by atoms with Gasteiger partial charge in [-0.15, -0.1) is 0 Å². The van der Waals surface area contributed by atoms with E-state index in [1.165, 1.54) is 6.20 Å². The van der Waals surface area contributed by atoms with Crippen molar-refractivity contribution < 1.29 is 9.53 Å². The van der Waals surface area contributed by atoms with Crippen LogP contribution in [0.1, 0.15) is 22.8 Å². The van der Waals surface area contributed by atoms with Crippen LogP contribution in [0.2, 0.25) is 5.02 Å². The highest BCUT2D eigenvalue weighted by molar-refractivity contribution is 6.30. The molecule has 0 saturated carbocycles. The Labute approximate surface area is 163 Å². The Bertz CT molecular complexity index is 913. The minimum Gasteiger partial charge on any atom is -0.492 e. The van der Waals surface area contributed by atoms with Gasteiger partial charge in [-0.2, -0.15) is 0 Å². The van der Waals surface area contributed by atoms with Gasteiger partial charge in [0.2, 0.25) is 0 Å². The van der Waals surface area contributed by atoms with Gasteiger partial charge >= 0.3 is 0 Å². The lowest BCUT2D eigenvalue weighted by Crippen LogP contribution is -2.23. The molecule has 1 amide bonds. The number of halogens is 1. The SMILES string of the molecule is CCOc1ccccc1Nc1cncc(C(=O)NCc2ccc(Cl)cc2)c1. The zero-order valence-electron chi connectivity index (χ0n) is 14.9. The van der Waals surface area contributed by atoms with Crippen LogP contribution in [0.3, 0.4) is 0 Å². The van der Waals surface area contributed by atoms with Crippen molar-refractivity contribution in [2.45, 2.75) is 13.5 Å². The molecule has 0 aliphatic carbocycles. The molecule has 2 N–H and O–H groups in total. The first kappa shape index (κ1) is 18.7. The number of hydrogen-bond acceptors (Lipinski definition) is 4. The summed E-state index contributed by atoms with van der Waals surface area (Å²) in [4.78, 5) is 16.6. The topological polar surface area (TPSA) is 63.2 Å². The number of ether oxygens (including phenoxy) is 1. The molecule has 1 aromatic heterocycles. The summed E-state index contributed by atoms with van der Waals surface area (Å²) in [5.74, 6) is 0.553. The molecule has 0 unspecified atom stereocenters. The van der Waals surface area contributed by atoms with E-state index in [-0.39, 0.29) is 5.91 Å². The third-order valence-electron chi connectivity index (χ3n) is 3.83. The third kappa shape index (κ3) is 5.21. The molecule has 1 heterocycles. The number of anilines is 2. The number of carbonyl (C=O) groups excluding carboxylic acids is 1. The second kappa shape index (κ2) is 9.05. The summed E-state index contributed by atoms with van der Waals surface area (Å²) in [7, 11) is 0. The number of aromatic nitrogens is 1. The zero-order valence-corrected chi connectivity index (χ0v) is 15.7. The van der Waals surface area contributed by atoms with Crippen LogP contribution in [0.5, 0.6) is 5.75 Å². The van der Waals surface area contributed by atoms with Crippen molar-refractivity contribution >= 4 is 28.9 Å². The van der Waals surface area contributed by atoms with E-state index in [0.717, 1.165) is 17.0 Å². The number of hydrogen-bond donors (Lipinski definition) is 2. The Balaban J connectivity index is 1.68. The molecule has 0 saturated heterocycles. The molecule has 0 fully saturated rings. The van der Waals surface area contributed by atoms with Gasteiger partial charge in [-0.3, -0.25) is 9.78 Å². The van der Waals surface area contributed by atoms with Gasteiger partial charge in [-0.25, -0.2) is 0 Å². The van der Waals surface area contributed by atoms with Gasteiger partial charge in [0.25, 0.3) is 5.91 Å². The summed E-state index contributed by atoms with van der Waals surface area (Å²) in [6.07, 6.45) is 3.20. The van der Waals surface area contributed by atoms with E-state index in [4.69, 9.17) is 16.3 Å². The lowest BCUT2D eigenvalue weighted by Gasteiger charge is -2.12. The summed E-state index contributed by atoms with van der Waals surface area (Å²) < 4.78 is 5.61. The molecule has 138 valence electrons. The number of pyridine rings is 1. The molecule has 3 rings (SSSR count). The Morgan fingerprint density at radius 2 is 1.89 bits per heavy atom. The third-order valence-corrected chi connectivity index (χ3v) is 4.08. The lowest BCUT2D eigenvalue weighted by atomic mass is 10.2. The number of rotatable bonds is 7. The van der Waals surface area contributed by atoms with Crippen molar-refractivity contribution in [2.75, 3.05) is 11.9 Å². The van der Waals surface area contributed by atoms with Crippen LogP contribution in [-0.4, -0.2) is 17.5 Å². The van der Waals surface area contributed by atoms with Crippen molar-refractivity contribution in [3.8, 4) is 5.75 Å². The molecule has 0 aliphatic heterocycles. The molecule has 0 bridgehead atoms. The molecule has 5 nitrogen and oxygen atoms in total. The fourth-order valence-electron chi connectivity index (χ4n) is 2.53. The van der Waals surface area contributed by atoms with E-state index in [9.17, 15) is 4.79 Å². The Morgan fingerprint density at radius 1 is 1.11 bits per heavy atom. The lowest BCUT2D eigenvalue weighted by molar-refractivity contribution is 0.0950. The fourth-order valence-corrected chi connectivity index (χ4v) is 2.65. The summed E-state index contributed by atoms with van der Waals surface area (Å²) in [5.41, 5.74) is 2.98. The smallest absolute Gasteiger partial charge is 0.253 e. The second-order valence-electron chi connectivity index (χ2n) is 5.83. The first-order valence-electron chi connectivity index (χ1n) is 8.62. The van der Waals surface area contributed by atoms with E-state index in [0.29, 0.717) is 29.4 Å². The number of para-hydroxylation sites is 2. The van der Waals surface area contributed by atoms with Gasteiger partial charge in [0.15, 0.2) is 0 Å². The average molecular weight is 382 g/mol. The van der Waals surface area contributed by atoms with Gasteiger partial charge in [0.05, 0.1) is 29.7 Å². The van der Waals surface area contributed by atoms with E-state index in [1.54, 1.807) is 24.4 Å². The first-order valence-corrected chi connectivity index (χ1v) is 9.00. The summed E-state index contributed by atoms with van der Waals surface area (Å²) >= 11 is 5.87. The van der Waals surface area contributed by atoms with Gasteiger partial charge in [0, 0.05) is 17.8 Å². The zero-order chi connectivity index (χ0) is 19.1. The quantitative estimate of drug-likeness (QED) is 0.616. The van der Waals surface area contributed by atoms with Crippen LogP contribution < -0.4 is 15.4 Å². The number of nitrogens with one attached hydrogen (secondary N) is 2. The number of carbonyl (C=O) groups is 1. The standard InChI is InChI=1S/C21H20ClN3O2/c1-2-27-20-6-4-3-5-19(20)25-18-11-16(13-23-14-18)21(26)24-12-15-7-9-17(22)10-8-15/h3-11,13-14,25H,2,12H2,1H3,(H,24,26). The highest BCUT2D eigenvalue weighted by atomic mass is 35.5. The maximum atomic E-state index is 12.4. The average Bonchev–Trinajstić information content (AvgIpc) is 2.69. The van der Waals surface area contributed by atoms with Crippen LogP contribution in [-0.2, 0) is 6.54 Å². The summed E-state index contributed by atoms with van der Waals surface area (Å²) in [6, 6.07) is 16.7. The van der Waals surface area contributed by atoms with Gasteiger partial charge in [-0.1, -0.05) is 35.9 Å². The van der Waals surface area contributed by atoms with Crippen molar-refractivity contribution in [3.63, 3.8) is 0 Å². The predicted molar refractivity (Wildman–Crippen MR) is 108 cm³/mol. The minimum atomic E-state index is -0.195. The summed E-state index contributed by atoms with van der Waals surface area (Å²) in [5, 5.41) is 6.80. The fraction of sp³-hybridized carbons (Fsp3) is 0.143. The molecule has 2 aromatic carbocycles. The molecule has 0 radical (unpaired) electrons. The van der Waals surface area contributed by atoms with E-state index >= 15 is 0 Å². The van der Waals surface area contributed by atoms with E-state index in [2.05, 4.69) is 15.6 Å². The van der Waals surface area contributed by atoms with Crippen molar-refractivity contribution in [2.24, 2.45) is 0 Å². The maximum absolute atomic E-state index is 12.4. The van der Waals surface area contributed by atoms with Crippen molar-refractivity contribution in [1.82, 2.24) is 10.3 Å². The largest absolute Gasteiger partial charge is 0.492 e. The van der Waals surface area contributed by atoms with E-state index < -0.39 is 0 Å². The molecule has 0 spiro atoms. The highest BCUT2D eigenvalue weighted by Crippen LogP contribution is 2.27. The van der Waals surface area contributed by atoms with Gasteiger partial charge in [0.1, 0.15) is 5.75 Å². The van der Waals surface area contributed by atoms with Crippen LogP contribution in [0.25, 0.3) is 0 Å². The van der Waals surface area contributed by atoms with Crippen LogP contribution >= 0.6 is 11.6 Å². The van der Waals surface area contributed by atoms with E-state index in [1.807, 2.05) is 43.3 Å². The monoisotopic (exact) mass is 381 g/mol. The molecular weight excluding hydrogens is 362 g/mol. The Kier molecular flexibility index (Phi) is 6.28. The number of amides is 1. The Hall–Kier alpha value is -3.05. The van der Waals surface area contributed by atoms with Crippen LogP contribution in [0.15, 0.2) is 67.0 Å². The number of benzene rings is 2. The molecule has 3 aromatic rings. The molecule has 27 heavy (non-hydrogen) atoms. The molecule has 0 aliphatic rings. The maximum Gasteiger partial charge on any atom is 0.253 e. The van der Waals surface area contributed by atoms with Gasteiger partial charge in [-0.05, 0) is 42.8 Å². The van der Waals surface area contributed by atoms with Crippen molar-refractivity contribution in [3.05, 3.63) is 83.1 Å². The van der Waals surface area contributed by atoms with Crippen molar-refractivity contribution in [1.29, 1.82) is 0 Å². The highest BCUT2D eigenvalue weighted by Gasteiger charge is 2.09. The molecule has 0 atom stereocenters. The van der Waals surface area contributed by atoms with Gasteiger partial charge < -0.3 is 15.4 Å².